The van der Waals surface area contributed by atoms with Gasteiger partial charge in [0.25, 0.3) is 0 Å². The Morgan fingerprint density at radius 1 is 1.43 bits per heavy atom. The van der Waals surface area contributed by atoms with Crippen LogP contribution in [0.25, 0.3) is 0 Å². The Balaban J connectivity index is 1.79. The van der Waals surface area contributed by atoms with E-state index in [1.807, 2.05) is 43.9 Å². The highest BCUT2D eigenvalue weighted by molar-refractivity contribution is 5.82. The third-order valence-electron chi connectivity index (χ3n) is 3.87. The Hall–Kier alpha value is -1.84. The first-order valence-corrected chi connectivity index (χ1v) is 7.60. The van der Waals surface area contributed by atoms with Crippen LogP contribution in [-0.2, 0) is 16.0 Å². The number of amides is 2. The van der Waals surface area contributed by atoms with Crippen molar-refractivity contribution >= 4 is 11.8 Å². The average Bonchev–Trinajstić information content (AvgIpc) is 2.77. The van der Waals surface area contributed by atoms with Crippen LogP contribution in [0.4, 0.5) is 0 Å². The summed E-state index contributed by atoms with van der Waals surface area (Å²) in [5.74, 6) is 0.161. The van der Waals surface area contributed by atoms with Crippen molar-refractivity contribution in [2.75, 3.05) is 6.54 Å². The third-order valence-corrected chi connectivity index (χ3v) is 3.87. The van der Waals surface area contributed by atoms with Crippen molar-refractivity contribution in [3.8, 4) is 0 Å². The molecule has 21 heavy (non-hydrogen) atoms. The molecular weight excluding hydrogens is 264 g/mol. The molecule has 0 spiro atoms. The van der Waals surface area contributed by atoms with E-state index in [4.69, 9.17) is 0 Å². The first kappa shape index (κ1) is 15.5. The summed E-state index contributed by atoms with van der Waals surface area (Å²) in [6.07, 6.45) is 1.63. The number of likely N-dealkylation sites (tertiary alicyclic amines) is 1. The van der Waals surface area contributed by atoms with Crippen molar-refractivity contribution in [2.45, 2.75) is 52.1 Å². The molecule has 1 fully saturated rings. The fraction of sp³-hybridized carbons (Fsp3) is 0.529. The molecule has 2 amide bonds. The summed E-state index contributed by atoms with van der Waals surface area (Å²) in [6, 6.07) is 8.37. The number of aryl methyl sites for hydroxylation is 2. The molecule has 1 aromatic rings. The van der Waals surface area contributed by atoms with Crippen molar-refractivity contribution in [1.82, 2.24) is 10.2 Å². The van der Waals surface area contributed by atoms with E-state index in [1.54, 1.807) is 0 Å². The van der Waals surface area contributed by atoms with E-state index >= 15 is 0 Å². The van der Waals surface area contributed by atoms with Gasteiger partial charge >= 0.3 is 0 Å². The van der Waals surface area contributed by atoms with Gasteiger partial charge < -0.3 is 10.2 Å². The van der Waals surface area contributed by atoms with Crippen molar-refractivity contribution in [3.05, 3.63) is 35.4 Å². The number of hydrogen-bond acceptors (Lipinski definition) is 2. The fourth-order valence-corrected chi connectivity index (χ4v) is 2.75. The van der Waals surface area contributed by atoms with E-state index in [0.717, 1.165) is 6.42 Å². The van der Waals surface area contributed by atoms with E-state index in [-0.39, 0.29) is 23.9 Å². The number of carbonyl (C=O) groups excluding carboxylic acids is 2. The van der Waals surface area contributed by atoms with Gasteiger partial charge in [-0.2, -0.15) is 0 Å². The quantitative estimate of drug-likeness (QED) is 0.901. The second-order valence-corrected chi connectivity index (χ2v) is 6.10. The fourth-order valence-electron chi connectivity index (χ4n) is 2.75. The molecule has 0 aliphatic carbocycles. The van der Waals surface area contributed by atoms with Gasteiger partial charge in [0, 0.05) is 25.4 Å². The van der Waals surface area contributed by atoms with E-state index in [9.17, 15) is 9.59 Å². The van der Waals surface area contributed by atoms with Crippen molar-refractivity contribution in [1.29, 1.82) is 0 Å². The molecular formula is C17H24N2O2. The van der Waals surface area contributed by atoms with Crippen LogP contribution in [-0.4, -0.2) is 35.3 Å². The van der Waals surface area contributed by atoms with E-state index in [0.29, 0.717) is 19.4 Å². The van der Waals surface area contributed by atoms with Crippen molar-refractivity contribution < 1.29 is 9.59 Å². The smallest absolute Gasteiger partial charge is 0.225 e. The van der Waals surface area contributed by atoms with Crippen LogP contribution in [0.1, 0.15) is 37.8 Å². The first-order chi connectivity index (χ1) is 9.95. The highest BCUT2D eigenvalue weighted by Gasteiger charge is 2.31. The molecule has 4 nitrogen and oxygen atoms in total. The van der Waals surface area contributed by atoms with Crippen LogP contribution in [0.15, 0.2) is 24.3 Å². The van der Waals surface area contributed by atoms with Crippen LogP contribution < -0.4 is 5.32 Å². The molecule has 1 unspecified atom stereocenters. The zero-order chi connectivity index (χ0) is 15.4. The predicted molar refractivity (Wildman–Crippen MR) is 82.9 cm³/mol. The summed E-state index contributed by atoms with van der Waals surface area (Å²) in [4.78, 5) is 25.6. The summed E-state index contributed by atoms with van der Waals surface area (Å²) in [5, 5.41) is 2.98. The minimum absolute atomic E-state index is 0.0277. The molecule has 1 heterocycles. The van der Waals surface area contributed by atoms with Crippen molar-refractivity contribution in [3.63, 3.8) is 0 Å². The average molecular weight is 288 g/mol. The number of nitrogens with zero attached hydrogens (tertiary/aromatic N) is 1. The number of benzene rings is 1. The predicted octanol–water partition coefficient (Wildman–Crippen LogP) is 2.05. The molecule has 1 atom stereocenters. The van der Waals surface area contributed by atoms with E-state index < -0.39 is 0 Å². The maximum absolute atomic E-state index is 12.0. The molecule has 0 aromatic heterocycles. The molecule has 2 rings (SSSR count). The summed E-state index contributed by atoms with van der Waals surface area (Å²) >= 11 is 0. The standard InChI is InChI=1S/C17H24N2O2/c1-12(2)19-11-15(10-17(19)21)18-16(20)8-7-14-6-4-5-13(3)9-14/h4-6,9,12,15H,7-8,10-11H2,1-3H3,(H,18,20). The van der Waals surface area contributed by atoms with Gasteiger partial charge in [0.15, 0.2) is 0 Å². The second-order valence-electron chi connectivity index (χ2n) is 6.10. The summed E-state index contributed by atoms with van der Waals surface area (Å²) in [6.45, 7) is 6.68. The number of rotatable bonds is 5. The van der Waals surface area contributed by atoms with Gasteiger partial charge in [0.05, 0.1) is 6.04 Å². The maximum atomic E-state index is 12.0. The summed E-state index contributed by atoms with van der Waals surface area (Å²) < 4.78 is 0. The van der Waals surface area contributed by atoms with Gasteiger partial charge in [0.1, 0.15) is 0 Å². The molecule has 0 radical (unpaired) electrons. The molecule has 1 aromatic carbocycles. The van der Waals surface area contributed by atoms with Gasteiger partial charge in [-0.15, -0.1) is 0 Å². The molecule has 1 aliphatic heterocycles. The van der Waals surface area contributed by atoms with Crippen LogP contribution in [0, 0.1) is 6.92 Å². The molecule has 0 saturated carbocycles. The number of hydrogen-bond donors (Lipinski definition) is 1. The minimum atomic E-state index is -0.0371. The molecule has 1 N–H and O–H groups in total. The van der Waals surface area contributed by atoms with Crippen LogP contribution in [0.2, 0.25) is 0 Å². The zero-order valence-corrected chi connectivity index (χ0v) is 13.1. The Labute approximate surface area is 126 Å². The lowest BCUT2D eigenvalue weighted by Gasteiger charge is -2.21. The van der Waals surface area contributed by atoms with E-state index in [1.165, 1.54) is 11.1 Å². The Morgan fingerprint density at radius 3 is 2.81 bits per heavy atom. The van der Waals surface area contributed by atoms with Gasteiger partial charge in [0.2, 0.25) is 11.8 Å². The van der Waals surface area contributed by atoms with Gasteiger partial charge in [-0.25, -0.2) is 0 Å². The maximum Gasteiger partial charge on any atom is 0.225 e. The van der Waals surface area contributed by atoms with Gasteiger partial charge in [-0.1, -0.05) is 29.8 Å². The van der Waals surface area contributed by atoms with Crippen molar-refractivity contribution in [2.24, 2.45) is 0 Å². The summed E-state index contributed by atoms with van der Waals surface area (Å²) in [5.41, 5.74) is 2.39. The number of carbonyl (C=O) groups is 2. The lowest BCUT2D eigenvalue weighted by atomic mass is 10.1. The molecule has 1 aliphatic rings. The van der Waals surface area contributed by atoms with E-state index in [2.05, 4.69) is 11.4 Å². The Bertz CT molecular complexity index is 525. The minimum Gasteiger partial charge on any atom is -0.351 e. The molecule has 1 saturated heterocycles. The summed E-state index contributed by atoms with van der Waals surface area (Å²) in [7, 11) is 0. The number of nitrogens with one attached hydrogen (secondary N) is 1. The third kappa shape index (κ3) is 4.31. The largest absolute Gasteiger partial charge is 0.351 e. The Kier molecular flexibility index (Phi) is 4.99. The second kappa shape index (κ2) is 6.74. The molecule has 114 valence electrons. The lowest BCUT2D eigenvalue weighted by molar-refractivity contribution is -0.129. The normalized spacial score (nSPS) is 18.4. The molecule has 0 bridgehead atoms. The van der Waals surface area contributed by atoms with Crippen LogP contribution in [0.5, 0.6) is 0 Å². The van der Waals surface area contributed by atoms with Gasteiger partial charge in [-0.3, -0.25) is 9.59 Å². The zero-order valence-electron chi connectivity index (χ0n) is 13.1. The first-order valence-electron chi connectivity index (χ1n) is 7.60. The van der Waals surface area contributed by atoms with Crippen LogP contribution >= 0.6 is 0 Å². The topological polar surface area (TPSA) is 49.4 Å². The molecule has 4 heteroatoms. The SMILES string of the molecule is Cc1cccc(CCC(=O)NC2CC(=O)N(C(C)C)C2)c1. The monoisotopic (exact) mass is 288 g/mol. The van der Waals surface area contributed by atoms with Gasteiger partial charge in [-0.05, 0) is 32.8 Å². The van der Waals surface area contributed by atoms with Crippen LogP contribution in [0.3, 0.4) is 0 Å². The lowest BCUT2D eigenvalue weighted by Crippen LogP contribution is -2.38. The Morgan fingerprint density at radius 2 is 2.19 bits per heavy atom. The highest BCUT2D eigenvalue weighted by Crippen LogP contribution is 2.14. The highest BCUT2D eigenvalue weighted by atomic mass is 16.2.